The van der Waals surface area contributed by atoms with E-state index in [2.05, 4.69) is 56.5 Å². The first kappa shape index (κ1) is 19.9. The van der Waals surface area contributed by atoms with Gasteiger partial charge >= 0.3 is 0 Å². The molecule has 0 unspecified atom stereocenters. The van der Waals surface area contributed by atoms with Crippen LogP contribution in [0.3, 0.4) is 0 Å². The Balaban J connectivity index is 1.38. The summed E-state index contributed by atoms with van der Waals surface area (Å²) in [6.07, 6.45) is 1.86. The second-order valence-electron chi connectivity index (χ2n) is 6.94. The first-order valence-electron chi connectivity index (χ1n) is 9.59. The molecule has 0 bridgehead atoms. The molecule has 30 heavy (non-hydrogen) atoms. The van der Waals surface area contributed by atoms with Gasteiger partial charge in [-0.25, -0.2) is 0 Å². The molecule has 0 saturated heterocycles. The minimum Gasteiger partial charge on any atom is -0.411 e. The Kier molecular flexibility index (Phi) is 6.25. The Morgan fingerprint density at radius 2 is 1.63 bits per heavy atom. The van der Waals surface area contributed by atoms with Crippen molar-refractivity contribution in [3.63, 3.8) is 0 Å². The molecule has 4 aromatic rings. The van der Waals surface area contributed by atoms with Crippen LogP contribution < -0.4 is 4.90 Å². The van der Waals surface area contributed by atoms with Gasteiger partial charge in [0.25, 0.3) is 5.22 Å². The molecule has 3 aromatic carbocycles. The molecular weight excluding hydrogens is 392 g/mol. The standard InChI is InChI=1S/C24H22N4OS/c1-28(2)22-14-8-18(9-15-22)16-25-21-12-10-20(11-13-21)23-26-27-24(29-23)30-17-19-6-4-3-5-7-19/h3-16H,17H2,1-2H3. The van der Waals surface area contributed by atoms with Crippen LogP contribution in [0.15, 0.2) is 93.5 Å². The maximum atomic E-state index is 5.79. The van der Waals surface area contributed by atoms with E-state index in [-0.39, 0.29) is 0 Å². The molecule has 0 aliphatic carbocycles. The highest BCUT2D eigenvalue weighted by molar-refractivity contribution is 7.98. The Morgan fingerprint density at radius 1 is 0.900 bits per heavy atom. The van der Waals surface area contributed by atoms with Gasteiger partial charge in [0, 0.05) is 37.3 Å². The average molecular weight is 415 g/mol. The van der Waals surface area contributed by atoms with Crippen molar-refractivity contribution >= 4 is 29.4 Å². The van der Waals surface area contributed by atoms with Crippen LogP contribution in [-0.2, 0) is 5.75 Å². The highest BCUT2D eigenvalue weighted by Crippen LogP contribution is 2.27. The number of hydrogen-bond donors (Lipinski definition) is 0. The number of anilines is 1. The first-order chi connectivity index (χ1) is 14.7. The third-order valence-electron chi connectivity index (χ3n) is 4.50. The average Bonchev–Trinajstić information content (AvgIpc) is 3.27. The number of hydrogen-bond acceptors (Lipinski definition) is 6. The van der Waals surface area contributed by atoms with Gasteiger partial charge < -0.3 is 9.32 Å². The molecule has 0 aliphatic rings. The zero-order chi connectivity index (χ0) is 20.8. The smallest absolute Gasteiger partial charge is 0.277 e. The molecule has 1 heterocycles. The van der Waals surface area contributed by atoms with Crippen molar-refractivity contribution < 1.29 is 4.42 Å². The molecule has 150 valence electrons. The molecule has 4 rings (SSSR count). The number of benzene rings is 3. The first-order valence-corrected chi connectivity index (χ1v) is 10.6. The molecule has 0 amide bonds. The van der Waals surface area contributed by atoms with Gasteiger partial charge in [-0.1, -0.05) is 54.2 Å². The van der Waals surface area contributed by atoms with E-state index in [0.717, 1.165) is 28.3 Å². The van der Waals surface area contributed by atoms with Crippen LogP contribution in [0.5, 0.6) is 0 Å². The van der Waals surface area contributed by atoms with Gasteiger partial charge in [-0.3, -0.25) is 4.99 Å². The van der Waals surface area contributed by atoms with E-state index in [1.807, 2.05) is 62.8 Å². The van der Waals surface area contributed by atoms with Gasteiger partial charge in [0.1, 0.15) is 0 Å². The summed E-state index contributed by atoms with van der Waals surface area (Å²) in [6.45, 7) is 0. The van der Waals surface area contributed by atoms with Gasteiger partial charge in [-0.2, -0.15) is 0 Å². The maximum absolute atomic E-state index is 5.79. The van der Waals surface area contributed by atoms with Crippen molar-refractivity contribution in [2.75, 3.05) is 19.0 Å². The van der Waals surface area contributed by atoms with Crippen molar-refractivity contribution in [3.8, 4) is 11.5 Å². The number of nitrogens with zero attached hydrogens (tertiary/aromatic N) is 4. The van der Waals surface area contributed by atoms with Crippen LogP contribution in [0.2, 0.25) is 0 Å². The highest BCUT2D eigenvalue weighted by atomic mass is 32.2. The molecule has 5 nitrogen and oxygen atoms in total. The minimum atomic E-state index is 0.514. The van der Waals surface area contributed by atoms with Gasteiger partial charge in [0.05, 0.1) is 5.69 Å². The zero-order valence-corrected chi connectivity index (χ0v) is 17.7. The lowest BCUT2D eigenvalue weighted by Gasteiger charge is -2.11. The van der Waals surface area contributed by atoms with Crippen molar-refractivity contribution in [1.29, 1.82) is 0 Å². The third-order valence-corrected chi connectivity index (χ3v) is 5.39. The number of aliphatic imine (C=N–C) groups is 1. The number of aromatic nitrogens is 2. The second kappa shape index (κ2) is 9.41. The molecule has 6 heteroatoms. The van der Waals surface area contributed by atoms with Gasteiger partial charge in [0.15, 0.2) is 0 Å². The summed E-state index contributed by atoms with van der Waals surface area (Å²) >= 11 is 1.53. The van der Waals surface area contributed by atoms with E-state index in [4.69, 9.17) is 4.42 Å². The molecule has 0 N–H and O–H groups in total. The number of thioether (sulfide) groups is 1. The summed E-state index contributed by atoms with van der Waals surface area (Å²) in [5, 5.41) is 8.87. The Labute approximate surface area is 180 Å². The molecular formula is C24H22N4OS. The lowest BCUT2D eigenvalue weighted by atomic mass is 10.2. The van der Waals surface area contributed by atoms with E-state index in [0.29, 0.717) is 11.1 Å². The lowest BCUT2D eigenvalue weighted by molar-refractivity contribution is 0.466. The summed E-state index contributed by atoms with van der Waals surface area (Å²) in [4.78, 5) is 6.62. The Morgan fingerprint density at radius 3 is 2.33 bits per heavy atom. The zero-order valence-electron chi connectivity index (χ0n) is 16.9. The largest absolute Gasteiger partial charge is 0.411 e. The molecule has 0 fully saturated rings. The monoisotopic (exact) mass is 414 g/mol. The summed E-state index contributed by atoms with van der Waals surface area (Å²) in [5.74, 6) is 1.31. The predicted octanol–water partition coefficient (Wildman–Crippen LogP) is 5.85. The summed E-state index contributed by atoms with van der Waals surface area (Å²) in [7, 11) is 4.05. The van der Waals surface area contributed by atoms with Gasteiger partial charge in [0.2, 0.25) is 5.89 Å². The SMILES string of the molecule is CN(C)c1ccc(C=Nc2ccc(-c3nnc(SCc4ccccc4)o3)cc2)cc1. The van der Waals surface area contributed by atoms with Crippen LogP contribution in [0.4, 0.5) is 11.4 Å². The molecule has 1 aromatic heterocycles. The quantitative estimate of drug-likeness (QED) is 0.281. The van der Waals surface area contributed by atoms with Crippen molar-refractivity contribution in [1.82, 2.24) is 10.2 Å². The second-order valence-corrected chi connectivity index (χ2v) is 7.87. The van der Waals surface area contributed by atoms with Crippen LogP contribution in [0.1, 0.15) is 11.1 Å². The van der Waals surface area contributed by atoms with Crippen LogP contribution in [0, 0.1) is 0 Å². The lowest BCUT2D eigenvalue weighted by Crippen LogP contribution is -2.08. The van der Waals surface area contributed by atoms with Crippen LogP contribution >= 0.6 is 11.8 Å². The molecule has 0 radical (unpaired) electrons. The van der Waals surface area contributed by atoms with Crippen LogP contribution in [-0.4, -0.2) is 30.5 Å². The van der Waals surface area contributed by atoms with E-state index >= 15 is 0 Å². The van der Waals surface area contributed by atoms with Crippen LogP contribution in [0.25, 0.3) is 11.5 Å². The van der Waals surface area contributed by atoms with Crippen molar-refractivity contribution in [3.05, 3.63) is 90.0 Å². The van der Waals surface area contributed by atoms with Gasteiger partial charge in [-0.05, 0) is 47.5 Å². The number of rotatable bonds is 7. The molecule has 0 spiro atoms. The molecule has 0 saturated carbocycles. The topological polar surface area (TPSA) is 54.5 Å². The Bertz CT molecular complexity index is 1100. The Hall–Kier alpha value is -3.38. The fraction of sp³-hybridized carbons (Fsp3) is 0.125. The maximum Gasteiger partial charge on any atom is 0.277 e. The summed E-state index contributed by atoms with van der Waals surface area (Å²) in [6, 6.07) is 26.3. The minimum absolute atomic E-state index is 0.514. The fourth-order valence-electron chi connectivity index (χ4n) is 2.80. The molecule has 0 atom stereocenters. The predicted molar refractivity (Wildman–Crippen MR) is 124 cm³/mol. The van der Waals surface area contributed by atoms with E-state index < -0.39 is 0 Å². The van der Waals surface area contributed by atoms with Gasteiger partial charge in [-0.15, -0.1) is 10.2 Å². The van der Waals surface area contributed by atoms with E-state index in [1.54, 1.807) is 0 Å². The van der Waals surface area contributed by atoms with E-state index in [1.165, 1.54) is 17.3 Å². The summed E-state index contributed by atoms with van der Waals surface area (Å²) < 4.78 is 5.79. The third kappa shape index (κ3) is 5.15. The van der Waals surface area contributed by atoms with E-state index in [9.17, 15) is 0 Å². The normalized spacial score (nSPS) is 11.1. The summed E-state index contributed by atoms with van der Waals surface area (Å²) in [5.41, 5.74) is 5.19. The fourth-order valence-corrected chi connectivity index (χ4v) is 3.52. The highest BCUT2D eigenvalue weighted by Gasteiger charge is 2.09. The van der Waals surface area contributed by atoms with Crippen molar-refractivity contribution in [2.45, 2.75) is 11.0 Å². The van der Waals surface area contributed by atoms with Crippen molar-refractivity contribution in [2.24, 2.45) is 4.99 Å². The molecule has 0 aliphatic heterocycles.